The van der Waals surface area contributed by atoms with E-state index in [-0.39, 0.29) is 6.61 Å². The Labute approximate surface area is 103 Å². The molecule has 2 N–H and O–H groups in total. The minimum atomic E-state index is -0.847. The van der Waals surface area contributed by atoms with Gasteiger partial charge in [-0.1, -0.05) is 23.2 Å². The van der Waals surface area contributed by atoms with Crippen molar-refractivity contribution in [1.82, 2.24) is 0 Å². The van der Waals surface area contributed by atoms with Gasteiger partial charge >= 0.3 is 5.97 Å². The third-order valence-electron chi connectivity index (χ3n) is 1.82. The second kappa shape index (κ2) is 5.94. The molecule has 1 aromatic rings. The molecule has 0 bridgehead atoms. The van der Waals surface area contributed by atoms with Crippen molar-refractivity contribution in [1.29, 1.82) is 0 Å². The topological polar surface area (TPSA) is 61.5 Å². The lowest BCUT2D eigenvalue weighted by Crippen LogP contribution is -2.37. The summed E-state index contributed by atoms with van der Waals surface area (Å²) in [5.41, 5.74) is 5.49. The SMILES string of the molecule is COC(=O)C(N)COc1cc(Cl)ccc1Cl. The number of hydrogen-bond donors (Lipinski definition) is 1. The number of methoxy groups -OCH3 is 1. The van der Waals surface area contributed by atoms with E-state index in [1.165, 1.54) is 7.11 Å². The zero-order chi connectivity index (χ0) is 12.1. The maximum Gasteiger partial charge on any atom is 0.326 e. The Balaban J connectivity index is 2.60. The van der Waals surface area contributed by atoms with Crippen molar-refractivity contribution in [3.8, 4) is 5.75 Å². The molecule has 0 aliphatic heterocycles. The number of hydrogen-bond acceptors (Lipinski definition) is 4. The minimum Gasteiger partial charge on any atom is -0.490 e. The molecule has 0 radical (unpaired) electrons. The predicted octanol–water partition coefficient (Wildman–Crippen LogP) is 1.87. The van der Waals surface area contributed by atoms with E-state index in [0.717, 1.165) is 0 Å². The molecule has 0 heterocycles. The van der Waals surface area contributed by atoms with Gasteiger partial charge in [0, 0.05) is 11.1 Å². The highest BCUT2D eigenvalue weighted by Crippen LogP contribution is 2.27. The van der Waals surface area contributed by atoms with Gasteiger partial charge in [-0.05, 0) is 12.1 Å². The fourth-order valence-electron chi connectivity index (χ4n) is 0.987. The Hall–Kier alpha value is -0.970. The summed E-state index contributed by atoms with van der Waals surface area (Å²) in [6.07, 6.45) is 0. The van der Waals surface area contributed by atoms with E-state index in [2.05, 4.69) is 4.74 Å². The van der Waals surface area contributed by atoms with Crippen molar-refractivity contribution in [2.24, 2.45) is 5.73 Å². The number of esters is 1. The van der Waals surface area contributed by atoms with Crippen molar-refractivity contribution in [3.05, 3.63) is 28.2 Å². The van der Waals surface area contributed by atoms with Crippen molar-refractivity contribution < 1.29 is 14.3 Å². The molecule has 0 spiro atoms. The standard InChI is InChI=1S/C10H11Cl2NO3/c1-15-10(14)8(13)5-16-9-4-6(11)2-3-7(9)12/h2-4,8H,5,13H2,1H3. The zero-order valence-corrected chi connectivity index (χ0v) is 10.1. The number of ether oxygens (including phenoxy) is 2. The Kier molecular flexibility index (Phi) is 4.86. The molecular weight excluding hydrogens is 253 g/mol. The molecule has 0 saturated carbocycles. The highest BCUT2D eigenvalue weighted by molar-refractivity contribution is 6.34. The van der Waals surface area contributed by atoms with Gasteiger partial charge in [0.05, 0.1) is 12.1 Å². The van der Waals surface area contributed by atoms with Crippen molar-refractivity contribution >= 4 is 29.2 Å². The Bertz CT molecular complexity index is 384. The summed E-state index contributed by atoms with van der Waals surface area (Å²) >= 11 is 11.6. The van der Waals surface area contributed by atoms with Crippen LogP contribution in [0.1, 0.15) is 0 Å². The van der Waals surface area contributed by atoms with Crippen LogP contribution >= 0.6 is 23.2 Å². The average molecular weight is 264 g/mol. The fourth-order valence-corrected chi connectivity index (χ4v) is 1.32. The van der Waals surface area contributed by atoms with Crippen LogP contribution in [-0.4, -0.2) is 25.7 Å². The number of halogens is 2. The molecule has 1 unspecified atom stereocenters. The van der Waals surface area contributed by atoms with Crippen LogP contribution in [0.15, 0.2) is 18.2 Å². The van der Waals surface area contributed by atoms with Gasteiger partial charge in [-0.15, -0.1) is 0 Å². The first-order valence-corrected chi connectivity index (χ1v) is 5.21. The van der Waals surface area contributed by atoms with Crippen molar-refractivity contribution in [2.45, 2.75) is 6.04 Å². The quantitative estimate of drug-likeness (QED) is 0.843. The Morgan fingerprint density at radius 3 is 2.81 bits per heavy atom. The molecule has 6 heteroatoms. The van der Waals surface area contributed by atoms with Crippen molar-refractivity contribution in [2.75, 3.05) is 13.7 Å². The van der Waals surface area contributed by atoms with Gasteiger partial charge in [-0.2, -0.15) is 0 Å². The van der Waals surface area contributed by atoms with E-state index in [0.29, 0.717) is 15.8 Å². The van der Waals surface area contributed by atoms with Crippen LogP contribution in [0.5, 0.6) is 5.75 Å². The van der Waals surface area contributed by atoms with Crippen LogP contribution in [0, 0.1) is 0 Å². The van der Waals surface area contributed by atoms with E-state index >= 15 is 0 Å². The van der Waals surface area contributed by atoms with Crippen molar-refractivity contribution in [3.63, 3.8) is 0 Å². The van der Waals surface area contributed by atoms with Crippen LogP contribution in [0.2, 0.25) is 10.0 Å². The molecule has 0 aliphatic rings. The zero-order valence-electron chi connectivity index (χ0n) is 8.57. The Morgan fingerprint density at radius 1 is 1.50 bits per heavy atom. The second-order valence-electron chi connectivity index (χ2n) is 3.02. The monoisotopic (exact) mass is 263 g/mol. The van der Waals surface area contributed by atoms with Gasteiger partial charge in [0.1, 0.15) is 18.4 Å². The first kappa shape index (κ1) is 13.1. The molecule has 0 saturated heterocycles. The van der Waals surface area contributed by atoms with E-state index in [1.807, 2.05) is 0 Å². The third kappa shape index (κ3) is 3.56. The molecule has 16 heavy (non-hydrogen) atoms. The second-order valence-corrected chi connectivity index (χ2v) is 3.86. The molecular formula is C10H11Cl2NO3. The highest BCUT2D eigenvalue weighted by atomic mass is 35.5. The molecule has 4 nitrogen and oxygen atoms in total. The first-order valence-electron chi connectivity index (χ1n) is 4.46. The van der Waals surface area contributed by atoms with Gasteiger partial charge in [0.25, 0.3) is 0 Å². The van der Waals surface area contributed by atoms with E-state index < -0.39 is 12.0 Å². The van der Waals surface area contributed by atoms with Crippen LogP contribution in [0.4, 0.5) is 0 Å². The molecule has 0 aromatic heterocycles. The number of nitrogens with two attached hydrogens (primary N) is 1. The Morgan fingerprint density at radius 2 is 2.19 bits per heavy atom. The summed E-state index contributed by atoms with van der Waals surface area (Å²) in [6, 6.07) is 3.94. The first-order chi connectivity index (χ1) is 7.54. The number of benzene rings is 1. The highest BCUT2D eigenvalue weighted by Gasteiger charge is 2.15. The third-order valence-corrected chi connectivity index (χ3v) is 2.36. The normalized spacial score (nSPS) is 12.0. The maximum atomic E-state index is 11.0. The summed E-state index contributed by atoms with van der Waals surface area (Å²) in [5, 5.41) is 0.896. The fraction of sp³-hybridized carbons (Fsp3) is 0.300. The lowest BCUT2D eigenvalue weighted by atomic mass is 10.3. The van der Waals surface area contributed by atoms with E-state index in [1.54, 1.807) is 18.2 Å². The lowest BCUT2D eigenvalue weighted by Gasteiger charge is -2.12. The summed E-state index contributed by atoms with van der Waals surface area (Å²) in [4.78, 5) is 11.0. The minimum absolute atomic E-state index is 0.0211. The van der Waals surface area contributed by atoms with E-state index in [4.69, 9.17) is 33.7 Å². The maximum absolute atomic E-state index is 11.0. The van der Waals surface area contributed by atoms with Crippen LogP contribution in [-0.2, 0) is 9.53 Å². The summed E-state index contributed by atoms with van der Waals surface area (Å²) < 4.78 is 9.71. The number of rotatable bonds is 4. The van der Waals surface area contributed by atoms with Crippen LogP contribution < -0.4 is 10.5 Å². The molecule has 0 fully saturated rings. The smallest absolute Gasteiger partial charge is 0.326 e. The van der Waals surface area contributed by atoms with Gasteiger partial charge in [0.2, 0.25) is 0 Å². The average Bonchev–Trinajstić information content (AvgIpc) is 2.28. The van der Waals surface area contributed by atoms with Crippen LogP contribution in [0.3, 0.4) is 0 Å². The molecule has 1 atom stereocenters. The molecule has 0 aliphatic carbocycles. The molecule has 88 valence electrons. The van der Waals surface area contributed by atoms with Gasteiger partial charge < -0.3 is 15.2 Å². The molecule has 0 amide bonds. The molecule has 1 rings (SSSR count). The van der Waals surface area contributed by atoms with Gasteiger partial charge in [-0.3, -0.25) is 4.79 Å². The molecule has 1 aromatic carbocycles. The van der Waals surface area contributed by atoms with Gasteiger partial charge in [0.15, 0.2) is 0 Å². The largest absolute Gasteiger partial charge is 0.490 e. The summed E-state index contributed by atoms with van der Waals surface area (Å²) in [5.74, 6) is -0.160. The number of carbonyl (C=O) groups is 1. The summed E-state index contributed by atoms with van der Waals surface area (Å²) in [7, 11) is 1.26. The lowest BCUT2D eigenvalue weighted by molar-refractivity contribution is -0.142. The van der Waals surface area contributed by atoms with Gasteiger partial charge in [-0.25, -0.2) is 0 Å². The summed E-state index contributed by atoms with van der Waals surface area (Å²) in [6.45, 7) is -0.0211. The predicted molar refractivity (Wildman–Crippen MR) is 61.9 cm³/mol. The number of carbonyl (C=O) groups excluding carboxylic acids is 1. The van der Waals surface area contributed by atoms with E-state index in [9.17, 15) is 4.79 Å². The van der Waals surface area contributed by atoms with Crippen LogP contribution in [0.25, 0.3) is 0 Å².